The third-order valence-electron chi connectivity index (χ3n) is 6.64. The van der Waals surface area contributed by atoms with Crippen molar-refractivity contribution in [3.63, 3.8) is 0 Å². The maximum Gasteiger partial charge on any atom is 0.506 e. The molecule has 240 valence electrons. The van der Waals surface area contributed by atoms with Gasteiger partial charge in [-0.2, -0.15) is 0 Å². The fourth-order valence-electron chi connectivity index (χ4n) is 4.27. The number of hydrogen-bond donors (Lipinski definition) is 6. The van der Waals surface area contributed by atoms with Crippen LogP contribution in [0.4, 0.5) is 15.3 Å². The molecule has 0 radical (unpaired) electrons. The number of ether oxygens (including phenoxy) is 1. The van der Waals surface area contributed by atoms with Gasteiger partial charge in [-0.05, 0) is 49.3 Å². The van der Waals surface area contributed by atoms with Crippen LogP contribution in [0.5, 0.6) is 0 Å². The summed E-state index contributed by atoms with van der Waals surface area (Å²) in [5.41, 5.74) is 6.06. The molecule has 1 aromatic carbocycles. The summed E-state index contributed by atoms with van der Waals surface area (Å²) >= 11 is 0. The zero-order valence-corrected chi connectivity index (χ0v) is 24.8. The van der Waals surface area contributed by atoms with Crippen LogP contribution in [0.15, 0.2) is 36.4 Å². The van der Waals surface area contributed by atoms with Gasteiger partial charge >= 0.3 is 12.2 Å². The van der Waals surface area contributed by atoms with Crippen molar-refractivity contribution in [2.75, 3.05) is 18.4 Å². The van der Waals surface area contributed by atoms with Crippen LogP contribution in [0.2, 0.25) is 0 Å². The van der Waals surface area contributed by atoms with Gasteiger partial charge < -0.3 is 36.8 Å². The molecule has 15 nitrogen and oxygen atoms in total. The number of primary amides is 1. The van der Waals surface area contributed by atoms with Crippen LogP contribution in [0.25, 0.3) is 0 Å². The molecule has 2 atom stereocenters. The smallest absolute Gasteiger partial charge is 0.450 e. The molecule has 0 aliphatic carbocycles. The number of carbonyl (C=O) groups excluding carboxylic acids is 6. The summed E-state index contributed by atoms with van der Waals surface area (Å²) in [6, 6.07) is 3.60. The number of imide groups is 1. The number of nitrogens with one attached hydrogen (secondary N) is 4. The lowest BCUT2D eigenvalue weighted by atomic mass is 10.0. The number of carbonyl (C=O) groups is 7. The number of nitrogens with two attached hydrogens (primary N) is 1. The van der Waals surface area contributed by atoms with E-state index in [0.717, 1.165) is 4.90 Å². The third-order valence-corrected chi connectivity index (χ3v) is 6.64. The van der Waals surface area contributed by atoms with Crippen LogP contribution in [-0.2, 0) is 35.3 Å². The topological polar surface area (TPSA) is 226 Å². The van der Waals surface area contributed by atoms with Gasteiger partial charge in [-0.3, -0.25) is 28.9 Å². The van der Waals surface area contributed by atoms with E-state index in [0.29, 0.717) is 36.9 Å². The SMILES string of the molecule is CC(C)[C@H](NC(=O)CCCCCN1C(=O)C=CC1=O)C(=O)N[C@H](CCCNC(N)=O)C(=O)Nc1ccc(COC(=O)O)cc1. The van der Waals surface area contributed by atoms with Gasteiger partial charge in [0.1, 0.15) is 18.7 Å². The van der Waals surface area contributed by atoms with E-state index in [1.54, 1.807) is 38.1 Å². The molecule has 1 aliphatic heterocycles. The van der Waals surface area contributed by atoms with E-state index >= 15 is 0 Å². The minimum Gasteiger partial charge on any atom is -0.450 e. The van der Waals surface area contributed by atoms with E-state index < -0.39 is 36.1 Å². The molecule has 7 amide bonds. The van der Waals surface area contributed by atoms with Crippen molar-refractivity contribution in [1.29, 1.82) is 0 Å². The predicted octanol–water partition coefficient (Wildman–Crippen LogP) is 1.38. The van der Waals surface area contributed by atoms with E-state index in [9.17, 15) is 33.6 Å². The fraction of sp³-hybridized carbons (Fsp3) is 0.483. The molecule has 0 saturated carbocycles. The van der Waals surface area contributed by atoms with Crippen LogP contribution in [0, 0.1) is 5.92 Å². The van der Waals surface area contributed by atoms with E-state index in [1.807, 2.05) is 0 Å². The Hall–Kier alpha value is -4.95. The van der Waals surface area contributed by atoms with Crippen molar-refractivity contribution >= 4 is 47.4 Å². The molecular weight excluding hydrogens is 576 g/mol. The average Bonchev–Trinajstić information content (AvgIpc) is 3.28. The van der Waals surface area contributed by atoms with Gasteiger partial charge in [0.25, 0.3) is 11.8 Å². The quantitative estimate of drug-likeness (QED) is 0.0794. The van der Waals surface area contributed by atoms with E-state index in [1.165, 1.54) is 12.2 Å². The Morgan fingerprint density at radius 2 is 1.57 bits per heavy atom. The first-order valence-electron chi connectivity index (χ1n) is 14.3. The monoisotopic (exact) mass is 616 g/mol. The highest BCUT2D eigenvalue weighted by molar-refractivity contribution is 6.12. The van der Waals surface area contributed by atoms with Crippen molar-refractivity contribution in [1.82, 2.24) is 20.9 Å². The van der Waals surface area contributed by atoms with Gasteiger partial charge in [0, 0.05) is 37.3 Å². The Labute approximate surface area is 254 Å². The third kappa shape index (κ3) is 12.5. The lowest BCUT2D eigenvalue weighted by Gasteiger charge is -2.25. The second-order valence-electron chi connectivity index (χ2n) is 10.5. The van der Waals surface area contributed by atoms with E-state index in [2.05, 4.69) is 26.0 Å². The first-order chi connectivity index (χ1) is 20.9. The molecule has 0 spiro atoms. The maximum atomic E-state index is 13.3. The Kier molecular flexibility index (Phi) is 14.3. The van der Waals surface area contributed by atoms with Gasteiger partial charge in [0.15, 0.2) is 0 Å². The van der Waals surface area contributed by atoms with Crippen LogP contribution in [0.3, 0.4) is 0 Å². The molecule has 7 N–H and O–H groups in total. The Balaban J connectivity index is 1.94. The van der Waals surface area contributed by atoms with Gasteiger partial charge in [-0.25, -0.2) is 9.59 Å². The van der Waals surface area contributed by atoms with Crippen molar-refractivity contribution in [2.24, 2.45) is 11.7 Å². The zero-order valence-electron chi connectivity index (χ0n) is 24.8. The molecule has 2 rings (SSSR count). The normalized spacial score (nSPS) is 13.8. The maximum absolute atomic E-state index is 13.3. The highest BCUT2D eigenvalue weighted by Crippen LogP contribution is 2.13. The summed E-state index contributed by atoms with van der Waals surface area (Å²) in [5, 5.41) is 19.2. The summed E-state index contributed by atoms with van der Waals surface area (Å²) in [5.74, 6) is -2.46. The first-order valence-corrected chi connectivity index (χ1v) is 14.3. The second kappa shape index (κ2) is 17.9. The fourth-order valence-corrected chi connectivity index (χ4v) is 4.27. The van der Waals surface area contributed by atoms with Crippen LogP contribution in [-0.4, -0.2) is 76.9 Å². The molecule has 0 unspecified atom stereocenters. The number of benzene rings is 1. The highest BCUT2D eigenvalue weighted by atomic mass is 16.7. The van der Waals surface area contributed by atoms with Gasteiger partial charge in [0.2, 0.25) is 17.7 Å². The van der Waals surface area contributed by atoms with E-state index in [-0.39, 0.29) is 56.2 Å². The summed E-state index contributed by atoms with van der Waals surface area (Å²) in [7, 11) is 0. The molecule has 44 heavy (non-hydrogen) atoms. The number of anilines is 1. The lowest BCUT2D eigenvalue weighted by Crippen LogP contribution is -2.54. The minimum atomic E-state index is -1.41. The van der Waals surface area contributed by atoms with Crippen LogP contribution < -0.4 is 27.0 Å². The standard InChI is InChI=1S/C29H40N6O9/c1-18(2)25(34-22(36)8-4-3-5-16-35-23(37)13-14-24(35)38)27(40)33-21(7-6-15-31-28(30)41)26(39)32-20-11-9-19(10-12-20)17-44-29(42)43/h9-14,18,21,25H,3-8,15-17H2,1-2H3,(H,32,39)(H,33,40)(H,34,36)(H,42,43)(H3,30,31,41)/t21-,25+/m1/s1. The number of nitrogens with zero attached hydrogens (tertiary/aromatic N) is 1. The number of unbranched alkanes of at least 4 members (excludes halogenated alkanes) is 2. The number of urea groups is 1. The van der Waals surface area contributed by atoms with Crippen LogP contribution >= 0.6 is 0 Å². The van der Waals surface area contributed by atoms with Crippen molar-refractivity contribution in [3.05, 3.63) is 42.0 Å². The predicted molar refractivity (Wildman–Crippen MR) is 158 cm³/mol. The number of hydrogen-bond acceptors (Lipinski definition) is 8. The van der Waals surface area contributed by atoms with Crippen molar-refractivity contribution < 1.29 is 43.4 Å². The molecular formula is C29H40N6O9. The number of carboxylic acid groups (broad SMARTS) is 1. The number of rotatable bonds is 18. The summed E-state index contributed by atoms with van der Waals surface area (Å²) in [6.45, 7) is 3.79. The van der Waals surface area contributed by atoms with Crippen LogP contribution in [0.1, 0.15) is 57.9 Å². The van der Waals surface area contributed by atoms with Crippen molar-refractivity contribution in [2.45, 2.75) is 71.1 Å². The summed E-state index contributed by atoms with van der Waals surface area (Å²) in [4.78, 5) is 85.0. The van der Waals surface area contributed by atoms with Gasteiger partial charge in [0.05, 0.1) is 0 Å². The molecule has 15 heteroatoms. The lowest BCUT2D eigenvalue weighted by molar-refractivity contribution is -0.137. The molecule has 1 heterocycles. The van der Waals surface area contributed by atoms with E-state index in [4.69, 9.17) is 10.8 Å². The zero-order chi connectivity index (χ0) is 32.6. The second-order valence-corrected chi connectivity index (χ2v) is 10.5. The Morgan fingerprint density at radius 3 is 2.16 bits per heavy atom. The average molecular weight is 617 g/mol. The van der Waals surface area contributed by atoms with Gasteiger partial charge in [-0.1, -0.05) is 32.4 Å². The Bertz CT molecular complexity index is 1210. The summed E-state index contributed by atoms with van der Waals surface area (Å²) in [6.07, 6.45) is 3.25. The largest absolute Gasteiger partial charge is 0.506 e. The first kappa shape index (κ1) is 35.2. The van der Waals surface area contributed by atoms with Crippen molar-refractivity contribution in [3.8, 4) is 0 Å². The summed E-state index contributed by atoms with van der Waals surface area (Å²) < 4.78 is 4.52. The number of amides is 7. The molecule has 0 fully saturated rings. The molecule has 0 saturated heterocycles. The van der Waals surface area contributed by atoms with Gasteiger partial charge in [-0.15, -0.1) is 0 Å². The minimum absolute atomic E-state index is 0.132. The molecule has 1 aliphatic rings. The highest BCUT2D eigenvalue weighted by Gasteiger charge is 2.29. The molecule has 1 aromatic rings. The Morgan fingerprint density at radius 1 is 0.909 bits per heavy atom. The molecule has 0 aromatic heterocycles. The molecule has 0 bridgehead atoms.